The van der Waals surface area contributed by atoms with Crippen LogP contribution in [-0.2, 0) is 23.0 Å². The Hall–Kier alpha value is -2.72. The third kappa shape index (κ3) is 4.80. The largest absolute Gasteiger partial charge is 0.376 e. The molecular formula is C21H26N6O3S. The van der Waals surface area contributed by atoms with Crippen molar-refractivity contribution in [1.29, 1.82) is 0 Å². The van der Waals surface area contributed by atoms with Gasteiger partial charge in [-0.05, 0) is 44.4 Å². The van der Waals surface area contributed by atoms with E-state index in [1.165, 1.54) is 11.8 Å². The van der Waals surface area contributed by atoms with E-state index in [2.05, 4.69) is 20.5 Å². The number of hydrogen-bond donors (Lipinski definition) is 1. The number of carbonyl (C=O) groups is 1. The van der Waals surface area contributed by atoms with Gasteiger partial charge in [0.2, 0.25) is 5.91 Å². The highest BCUT2D eigenvalue weighted by Gasteiger charge is 2.18. The van der Waals surface area contributed by atoms with Crippen molar-refractivity contribution in [2.45, 2.75) is 44.4 Å². The number of pyridine rings is 1. The van der Waals surface area contributed by atoms with Crippen LogP contribution in [0.1, 0.15) is 35.5 Å². The van der Waals surface area contributed by atoms with Crippen molar-refractivity contribution >= 4 is 23.3 Å². The fourth-order valence-corrected chi connectivity index (χ4v) is 4.35. The fraction of sp³-hybridized carbons (Fsp3) is 0.476. The molecule has 1 amide bonds. The zero-order valence-corrected chi connectivity index (χ0v) is 18.7. The number of rotatable bonds is 7. The van der Waals surface area contributed by atoms with Crippen LogP contribution in [0.5, 0.6) is 0 Å². The Balaban J connectivity index is 1.43. The molecule has 10 heteroatoms. The molecule has 1 aliphatic heterocycles. The van der Waals surface area contributed by atoms with E-state index in [1.54, 1.807) is 10.6 Å². The van der Waals surface area contributed by atoms with Crippen LogP contribution in [-0.4, -0.2) is 55.1 Å². The molecule has 9 nitrogen and oxygen atoms in total. The van der Waals surface area contributed by atoms with Crippen LogP contribution in [0.25, 0.3) is 5.65 Å². The standard InChI is InChI=1S/C21H26N6O3S/c1-13-6-7-27-17(9-13)23-14(2)16(20(27)29)10-18-24-25-21(26(18)3)31-12-19(28)22-11-15-5-4-8-30-15/h6-7,9,15H,4-5,8,10-12H2,1-3H3,(H,22,28)/t15-/m1/s1. The Morgan fingerprint density at radius 2 is 2.19 bits per heavy atom. The molecule has 1 N–H and O–H groups in total. The first-order valence-electron chi connectivity index (χ1n) is 10.3. The lowest BCUT2D eigenvalue weighted by Gasteiger charge is -2.10. The minimum Gasteiger partial charge on any atom is -0.376 e. The lowest BCUT2D eigenvalue weighted by molar-refractivity contribution is -0.119. The van der Waals surface area contributed by atoms with E-state index in [-0.39, 0.29) is 23.3 Å². The highest BCUT2D eigenvalue weighted by atomic mass is 32.2. The third-order valence-corrected chi connectivity index (χ3v) is 6.45. The molecule has 1 aliphatic rings. The van der Waals surface area contributed by atoms with Gasteiger partial charge in [0.15, 0.2) is 5.16 Å². The van der Waals surface area contributed by atoms with Crippen molar-refractivity contribution in [3.8, 4) is 0 Å². The smallest absolute Gasteiger partial charge is 0.261 e. The van der Waals surface area contributed by atoms with Gasteiger partial charge in [-0.25, -0.2) is 4.98 Å². The minimum absolute atomic E-state index is 0.0619. The second-order valence-electron chi connectivity index (χ2n) is 7.78. The first kappa shape index (κ1) is 21.5. The van der Waals surface area contributed by atoms with Crippen LogP contribution in [0.3, 0.4) is 0 Å². The Morgan fingerprint density at radius 1 is 1.35 bits per heavy atom. The van der Waals surface area contributed by atoms with Crippen LogP contribution >= 0.6 is 11.8 Å². The molecule has 1 atom stereocenters. The van der Waals surface area contributed by atoms with Crippen LogP contribution < -0.4 is 10.9 Å². The highest BCUT2D eigenvalue weighted by molar-refractivity contribution is 7.99. The van der Waals surface area contributed by atoms with E-state index in [1.807, 2.05) is 37.6 Å². The molecule has 0 spiro atoms. The van der Waals surface area contributed by atoms with Crippen LogP contribution in [0.2, 0.25) is 0 Å². The summed E-state index contributed by atoms with van der Waals surface area (Å²) in [5.74, 6) is 0.835. The van der Waals surface area contributed by atoms with E-state index in [0.29, 0.717) is 40.9 Å². The predicted molar refractivity (Wildman–Crippen MR) is 117 cm³/mol. The molecular weight excluding hydrogens is 416 g/mol. The lowest BCUT2D eigenvalue weighted by atomic mass is 10.1. The molecule has 0 radical (unpaired) electrons. The number of nitrogens with zero attached hydrogens (tertiary/aromatic N) is 5. The molecule has 4 heterocycles. The van der Waals surface area contributed by atoms with Gasteiger partial charge in [0.05, 0.1) is 11.9 Å². The van der Waals surface area contributed by atoms with Crippen LogP contribution in [0.4, 0.5) is 0 Å². The van der Waals surface area contributed by atoms with Crippen LogP contribution in [0, 0.1) is 13.8 Å². The van der Waals surface area contributed by atoms with E-state index in [0.717, 1.165) is 25.0 Å². The van der Waals surface area contributed by atoms with E-state index < -0.39 is 0 Å². The Labute approximate surface area is 184 Å². The molecule has 3 aromatic rings. The zero-order chi connectivity index (χ0) is 22.0. The molecule has 1 fully saturated rings. The molecule has 0 saturated carbocycles. The normalized spacial score (nSPS) is 16.2. The molecule has 0 unspecified atom stereocenters. The van der Waals surface area contributed by atoms with Crippen molar-refractivity contribution in [3.63, 3.8) is 0 Å². The second-order valence-corrected chi connectivity index (χ2v) is 8.72. The predicted octanol–water partition coefficient (Wildman–Crippen LogP) is 1.42. The van der Waals surface area contributed by atoms with Crippen molar-refractivity contribution in [2.24, 2.45) is 7.05 Å². The summed E-state index contributed by atoms with van der Waals surface area (Å²) in [5.41, 5.74) is 2.85. The maximum absolute atomic E-state index is 13.0. The Morgan fingerprint density at radius 3 is 2.97 bits per heavy atom. The summed E-state index contributed by atoms with van der Waals surface area (Å²) in [4.78, 5) is 29.7. The van der Waals surface area contributed by atoms with Gasteiger partial charge in [0.25, 0.3) is 5.56 Å². The minimum atomic E-state index is -0.104. The first-order valence-corrected chi connectivity index (χ1v) is 11.3. The number of hydrogen-bond acceptors (Lipinski definition) is 7. The number of ether oxygens (including phenoxy) is 1. The van der Waals surface area contributed by atoms with Crippen molar-refractivity contribution in [1.82, 2.24) is 29.5 Å². The van der Waals surface area contributed by atoms with Gasteiger partial charge in [0, 0.05) is 44.1 Å². The summed E-state index contributed by atoms with van der Waals surface area (Å²) in [6.07, 6.45) is 4.23. The van der Waals surface area contributed by atoms with Gasteiger partial charge in [0.1, 0.15) is 11.5 Å². The van der Waals surface area contributed by atoms with E-state index >= 15 is 0 Å². The summed E-state index contributed by atoms with van der Waals surface area (Å²) in [7, 11) is 1.84. The van der Waals surface area contributed by atoms with E-state index in [9.17, 15) is 9.59 Å². The summed E-state index contributed by atoms with van der Waals surface area (Å²) in [6.45, 7) is 5.12. The molecule has 3 aromatic heterocycles. The summed E-state index contributed by atoms with van der Waals surface area (Å²) >= 11 is 1.32. The molecule has 0 aromatic carbocycles. The van der Waals surface area contributed by atoms with Gasteiger partial charge < -0.3 is 14.6 Å². The second kappa shape index (κ2) is 9.19. The number of fused-ring (bicyclic) bond motifs is 1. The average Bonchev–Trinajstić information content (AvgIpc) is 3.38. The molecule has 4 rings (SSSR count). The number of aromatic nitrogens is 5. The van der Waals surface area contributed by atoms with Gasteiger partial charge in [-0.1, -0.05) is 11.8 Å². The number of carbonyl (C=O) groups excluding carboxylic acids is 1. The average molecular weight is 443 g/mol. The quantitative estimate of drug-likeness (QED) is 0.552. The van der Waals surface area contributed by atoms with Crippen LogP contribution in [0.15, 0.2) is 28.3 Å². The maximum Gasteiger partial charge on any atom is 0.261 e. The SMILES string of the molecule is Cc1ccn2c(=O)c(Cc3nnc(SCC(=O)NC[C@H]4CCCO4)n3C)c(C)nc2c1. The number of aryl methyl sites for hydroxylation is 2. The third-order valence-electron chi connectivity index (χ3n) is 5.43. The summed E-state index contributed by atoms with van der Waals surface area (Å²) < 4.78 is 8.89. The monoisotopic (exact) mass is 442 g/mol. The number of amides is 1. The Bertz CT molecular complexity index is 1170. The first-order chi connectivity index (χ1) is 14.9. The van der Waals surface area contributed by atoms with E-state index in [4.69, 9.17) is 4.74 Å². The lowest BCUT2D eigenvalue weighted by Crippen LogP contribution is -2.32. The fourth-order valence-electron chi connectivity index (χ4n) is 3.59. The van der Waals surface area contributed by atoms with Gasteiger partial charge >= 0.3 is 0 Å². The molecule has 0 bridgehead atoms. The highest BCUT2D eigenvalue weighted by Crippen LogP contribution is 2.18. The summed E-state index contributed by atoms with van der Waals surface area (Å²) in [5, 5.41) is 12.0. The number of nitrogens with one attached hydrogen (secondary N) is 1. The van der Waals surface area contributed by atoms with Gasteiger partial charge in [-0.3, -0.25) is 14.0 Å². The van der Waals surface area contributed by atoms with Gasteiger partial charge in [-0.2, -0.15) is 0 Å². The van der Waals surface area contributed by atoms with Gasteiger partial charge in [-0.15, -0.1) is 10.2 Å². The molecule has 0 aliphatic carbocycles. The molecule has 164 valence electrons. The molecule has 31 heavy (non-hydrogen) atoms. The van der Waals surface area contributed by atoms with Crippen molar-refractivity contribution in [3.05, 3.63) is 51.3 Å². The molecule has 1 saturated heterocycles. The van der Waals surface area contributed by atoms with Crippen molar-refractivity contribution < 1.29 is 9.53 Å². The Kier molecular flexibility index (Phi) is 6.38. The number of thioether (sulfide) groups is 1. The zero-order valence-electron chi connectivity index (χ0n) is 17.9. The summed E-state index contributed by atoms with van der Waals surface area (Å²) in [6, 6.07) is 3.77. The van der Waals surface area contributed by atoms with Crippen molar-refractivity contribution in [2.75, 3.05) is 18.9 Å². The maximum atomic E-state index is 13.0. The topological polar surface area (TPSA) is 103 Å².